The molecule has 0 amide bonds. The SMILES string of the molecule is COc1ccc(Oc2ccc(Nc3ncnc4[nH]ccc34)cc2)cc1. The van der Waals surface area contributed by atoms with Crippen molar-refractivity contribution >= 4 is 22.5 Å². The number of H-pyrrole nitrogens is 1. The van der Waals surface area contributed by atoms with Crippen molar-refractivity contribution in [3.8, 4) is 17.2 Å². The molecule has 4 aromatic rings. The number of nitrogens with one attached hydrogen (secondary N) is 2. The van der Waals surface area contributed by atoms with Crippen molar-refractivity contribution < 1.29 is 9.47 Å². The van der Waals surface area contributed by atoms with E-state index in [0.717, 1.165) is 39.8 Å². The Labute approximate surface area is 144 Å². The van der Waals surface area contributed by atoms with Crippen LogP contribution >= 0.6 is 0 Å². The van der Waals surface area contributed by atoms with Gasteiger partial charge < -0.3 is 19.8 Å². The van der Waals surface area contributed by atoms with Gasteiger partial charge in [-0.2, -0.15) is 0 Å². The second-order valence-electron chi connectivity index (χ2n) is 5.39. The molecular formula is C19H16N4O2. The fourth-order valence-corrected chi connectivity index (χ4v) is 2.49. The summed E-state index contributed by atoms with van der Waals surface area (Å²) in [5.74, 6) is 3.07. The van der Waals surface area contributed by atoms with Crippen molar-refractivity contribution in [1.82, 2.24) is 15.0 Å². The van der Waals surface area contributed by atoms with Gasteiger partial charge in [0.25, 0.3) is 0 Å². The van der Waals surface area contributed by atoms with Crippen molar-refractivity contribution in [2.75, 3.05) is 12.4 Å². The van der Waals surface area contributed by atoms with E-state index in [2.05, 4.69) is 20.3 Å². The van der Waals surface area contributed by atoms with Gasteiger partial charge >= 0.3 is 0 Å². The van der Waals surface area contributed by atoms with Gasteiger partial charge in [0.2, 0.25) is 0 Å². The van der Waals surface area contributed by atoms with Crippen LogP contribution in [0.3, 0.4) is 0 Å². The minimum absolute atomic E-state index is 0.755. The predicted octanol–water partition coefficient (Wildman–Crippen LogP) is 4.50. The molecule has 0 saturated carbocycles. The van der Waals surface area contributed by atoms with Crippen LogP contribution in [0.5, 0.6) is 17.2 Å². The van der Waals surface area contributed by atoms with Crippen molar-refractivity contribution in [3.63, 3.8) is 0 Å². The standard InChI is InChI=1S/C19H16N4O2/c1-24-14-6-8-16(9-7-14)25-15-4-2-13(3-5-15)23-19-17-10-11-20-18(17)21-12-22-19/h2-12H,1H3,(H2,20,21,22,23). The molecule has 6 heteroatoms. The molecule has 0 aliphatic heterocycles. The van der Waals surface area contributed by atoms with Crippen LogP contribution in [0.1, 0.15) is 0 Å². The van der Waals surface area contributed by atoms with Crippen LogP contribution in [-0.4, -0.2) is 22.1 Å². The quantitative estimate of drug-likeness (QED) is 0.563. The Morgan fingerprint density at radius 2 is 1.52 bits per heavy atom. The van der Waals surface area contributed by atoms with Gasteiger partial charge in [0.1, 0.15) is 35.0 Å². The number of aromatic amines is 1. The number of hydrogen-bond acceptors (Lipinski definition) is 5. The van der Waals surface area contributed by atoms with E-state index in [1.54, 1.807) is 7.11 Å². The fourth-order valence-electron chi connectivity index (χ4n) is 2.49. The number of hydrogen-bond donors (Lipinski definition) is 2. The van der Waals surface area contributed by atoms with Crippen LogP contribution in [0.2, 0.25) is 0 Å². The first-order valence-electron chi connectivity index (χ1n) is 7.79. The predicted molar refractivity (Wildman–Crippen MR) is 96.7 cm³/mol. The summed E-state index contributed by atoms with van der Waals surface area (Å²) in [5, 5.41) is 4.24. The molecule has 6 nitrogen and oxygen atoms in total. The molecular weight excluding hydrogens is 316 g/mol. The molecule has 0 bridgehead atoms. The maximum absolute atomic E-state index is 5.83. The molecule has 0 saturated heterocycles. The third kappa shape index (κ3) is 3.23. The average molecular weight is 332 g/mol. The summed E-state index contributed by atoms with van der Waals surface area (Å²) in [6, 6.07) is 17.1. The zero-order valence-electron chi connectivity index (χ0n) is 13.6. The van der Waals surface area contributed by atoms with E-state index in [4.69, 9.17) is 9.47 Å². The summed E-state index contributed by atoms with van der Waals surface area (Å²) in [5.41, 5.74) is 1.72. The Morgan fingerprint density at radius 1 is 0.840 bits per heavy atom. The van der Waals surface area contributed by atoms with Crippen LogP contribution < -0.4 is 14.8 Å². The lowest BCUT2D eigenvalue weighted by Crippen LogP contribution is -1.95. The molecule has 0 aliphatic rings. The number of aromatic nitrogens is 3. The Bertz CT molecular complexity index is 978. The summed E-state index contributed by atoms with van der Waals surface area (Å²) in [7, 11) is 1.64. The lowest BCUT2D eigenvalue weighted by atomic mass is 10.3. The van der Waals surface area contributed by atoms with Crippen LogP contribution in [0.4, 0.5) is 11.5 Å². The lowest BCUT2D eigenvalue weighted by molar-refractivity contribution is 0.413. The maximum Gasteiger partial charge on any atom is 0.143 e. The van der Waals surface area contributed by atoms with E-state index >= 15 is 0 Å². The highest BCUT2D eigenvalue weighted by Gasteiger charge is 2.05. The first kappa shape index (κ1) is 15.0. The number of ether oxygens (including phenoxy) is 2. The van der Waals surface area contributed by atoms with Crippen LogP contribution in [0, 0.1) is 0 Å². The van der Waals surface area contributed by atoms with E-state index in [1.807, 2.05) is 60.8 Å². The molecule has 0 radical (unpaired) electrons. The molecule has 25 heavy (non-hydrogen) atoms. The first-order chi connectivity index (χ1) is 12.3. The normalized spacial score (nSPS) is 10.6. The average Bonchev–Trinajstić information content (AvgIpc) is 3.14. The smallest absolute Gasteiger partial charge is 0.143 e. The highest BCUT2D eigenvalue weighted by Crippen LogP contribution is 2.27. The molecule has 0 spiro atoms. The number of benzene rings is 2. The van der Waals surface area contributed by atoms with Gasteiger partial charge in [0, 0.05) is 11.9 Å². The maximum atomic E-state index is 5.83. The topological polar surface area (TPSA) is 72.1 Å². The first-order valence-corrected chi connectivity index (χ1v) is 7.79. The second-order valence-corrected chi connectivity index (χ2v) is 5.39. The van der Waals surface area contributed by atoms with Gasteiger partial charge in [-0.25, -0.2) is 9.97 Å². The minimum atomic E-state index is 0.755. The van der Waals surface area contributed by atoms with Crippen molar-refractivity contribution in [2.24, 2.45) is 0 Å². The number of fused-ring (bicyclic) bond motifs is 1. The van der Waals surface area contributed by atoms with Crippen molar-refractivity contribution in [3.05, 3.63) is 67.1 Å². The Kier molecular flexibility index (Phi) is 3.92. The van der Waals surface area contributed by atoms with E-state index in [1.165, 1.54) is 6.33 Å². The lowest BCUT2D eigenvalue weighted by Gasteiger charge is -2.09. The number of nitrogens with zero attached hydrogens (tertiary/aromatic N) is 2. The van der Waals surface area contributed by atoms with Gasteiger partial charge in [-0.05, 0) is 54.6 Å². The number of methoxy groups -OCH3 is 1. The Morgan fingerprint density at radius 3 is 2.24 bits per heavy atom. The van der Waals surface area contributed by atoms with E-state index in [9.17, 15) is 0 Å². The highest BCUT2D eigenvalue weighted by molar-refractivity contribution is 5.88. The number of anilines is 2. The zero-order chi connectivity index (χ0) is 17.1. The van der Waals surface area contributed by atoms with Gasteiger partial charge in [-0.15, -0.1) is 0 Å². The molecule has 0 aliphatic carbocycles. The van der Waals surface area contributed by atoms with Crippen molar-refractivity contribution in [1.29, 1.82) is 0 Å². The Balaban J connectivity index is 1.49. The van der Waals surface area contributed by atoms with Gasteiger partial charge in [-0.1, -0.05) is 0 Å². The summed E-state index contributed by atoms with van der Waals surface area (Å²) < 4.78 is 11.0. The van der Waals surface area contributed by atoms with E-state index in [-0.39, 0.29) is 0 Å². The second kappa shape index (κ2) is 6.52. The van der Waals surface area contributed by atoms with Crippen LogP contribution in [0.15, 0.2) is 67.1 Å². The molecule has 0 atom stereocenters. The van der Waals surface area contributed by atoms with Crippen molar-refractivity contribution in [2.45, 2.75) is 0 Å². The number of rotatable bonds is 5. The molecule has 2 aromatic heterocycles. The molecule has 2 aromatic carbocycles. The van der Waals surface area contributed by atoms with Crippen LogP contribution in [0.25, 0.3) is 11.0 Å². The summed E-state index contributed by atoms with van der Waals surface area (Å²) in [6.45, 7) is 0. The largest absolute Gasteiger partial charge is 0.497 e. The molecule has 2 heterocycles. The molecule has 124 valence electrons. The summed E-state index contributed by atoms with van der Waals surface area (Å²) >= 11 is 0. The highest BCUT2D eigenvalue weighted by atomic mass is 16.5. The minimum Gasteiger partial charge on any atom is -0.497 e. The van der Waals surface area contributed by atoms with Gasteiger partial charge in [0.05, 0.1) is 12.5 Å². The van der Waals surface area contributed by atoms with Crippen LogP contribution in [-0.2, 0) is 0 Å². The van der Waals surface area contributed by atoms with Gasteiger partial charge in [0.15, 0.2) is 0 Å². The van der Waals surface area contributed by atoms with Gasteiger partial charge in [-0.3, -0.25) is 0 Å². The summed E-state index contributed by atoms with van der Waals surface area (Å²) in [4.78, 5) is 11.5. The molecule has 0 fully saturated rings. The fraction of sp³-hybridized carbons (Fsp3) is 0.0526. The third-order valence-corrected chi connectivity index (χ3v) is 3.77. The summed E-state index contributed by atoms with van der Waals surface area (Å²) in [6.07, 6.45) is 3.37. The Hall–Kier alpha value is -3.54. The monoisotopic (exact) mass is 332 g/mol. The molecule has 2 N–H and O–H groups in total. The van der Waals surface area contributed by atoms with E-state index in [0.29, 0.717) is 0 Å². The zero-order valence-corrected chi connectivity index (χ0v) is 13.6. The third-order valence-electron chi connectivity index (χ3n) is 3.77. The van der Waals surface area contributed by atoms with E-state index < -0.39 is 0 Å². The molecule has 0 unspecified atom stereocenters. The molecule has 4 rings (SSSR count).